The predicted octanol–water partition coefficient (Wildman–Crippen LogP) is 6.25. The molecule has 0 unspecified atom stereocenters. The van der Waals surface area contributed by atoms with Gasteiger partial charge in [-0.2, -0.15) is 0 Å². The van der Waals surface area contributed by atoms with E-state index in [1.54, 1.807) is 0 Å². The van der Waals surface area contributed by atoms with Crippen LogP contribution in [-0.4, -0.2) is 40.0 Å². The highest BCUT2D eigenvalue weighted by molar-refractivity contribution is 5.97. The Morgan fingerprint density at radius 1 is 0.861 bits per heavy atom. The van der Waals surface area contributed by atoms with Crippen LogP contribution in [0.15, 0.2) is 91.0 Å². The third-order valence-electron chi connectivity index (χ3n) is 6.85. The molecule has 1 aliphatic rings. The van der Waals surface area contributed by atoms with Crippen LogP contribution in [0.3, 0.4) is 0 Å². The van der Waals surface area contributed by atoms with Crippen LogP contribution in [0.4, 0.5) is 4.79 Å². The Bertz CT molecular complexity index is 1100. The van der Waals surface area contributed by atoms with E-state index in [1.807, 2.05) is 94.4 Å². The van der Waals surface area contributed by atoms with Crippen LogP contribution in [-0.2, 0) is 22.6 Å². The molecule has 2 amide bonds. The van der Waals surface area contributed by atoms with Crippen LogP contribution in [0, 0.1) is 5.92 Å². The molecule has 1 saturated heterocycles. The van der Waals surface area contributed by atoms with Crippen molar-refractivity contribution in [2.75, 3.05) is 6.54 Å². The van der Waals surface area contributed by atoms with Crippen molar-refractivity contribution in [2.24, 2.45) is 5.92 Å². The Labute approximate surface area is 214 Å². The third kappa shape index (κ3) is 5.85. The lowest BCUT2D eigenvalue weighted by Gasteiger charge is -2.34. The zero-order chi connectivity index (χ0) is 25.7. The van der Waals surface area contributed by atoms with Crippen molar-refractivity contribution in [3.63, 3.8) is 0 Å². The lowest BCUT2D eigenvalue weighted by molar-refractivity contribution is -0.132. The number of amides is 2. The predicted molar refractivity (Wildman–Crippen MR) is 142 cm³/mol. The molecule has 5 nitrogen and oxygen atoms in total. The normalized spacial score (nSPS) is 17.9. The van der Waals surface area contributed by atoms with Crippen molar-refractivity contribution in [2.45, 2.75) is 58.3 Å². The Kier molecular flexibility index (Phi) is 7.90. The average Bonchev–Trinajstić information content (AvgIpc) is 3.12. The van der Waals surface area contributed by atoms with E-state index >= 15 is 0 Å². The summed E-state index contributed by atoms with van der Waals surface area (Å²) in [6.07, 6.45) is -0.553. The number of carbonyl (C=O) groups is 2. The van der Waals surface area contributed by atoms with Crippen LogP contribution >= 0.6 is 0 Å². The van der Waals surface area contributed by atoms with Crippen molar-refractivity contribution in [1.82, 2.24) is 9.80 Å². The summed E-state index contributed by atoms with van der Waals surface area (Å²) in [5.41, 5.74) is 2.51. The van der Waals surface area contributed by atoms with E-state index in [9.17, 15) is 9.59 Å². The molecular weight excluding hydrogens is 448 g/mol. The number of cyclic esters (lactones) is 1. The standard InChI is InChI=1S/C31H36N2O3/c1-23(2)28-31(3,4)36-30(35)33(28)29(34)27(26-18-12-7-13-19-26)22-32(20-24-14-8-5-9-15-24)21-25-16-10-6-11-17-25/h5-19,23,27-28H,20-22H2,1-4H3/t27-,28-/m1/s1. The van der Waals surface area contributed by atoms with E-state index in [4.69, 9.17) is 4.74 Å². The molecule has 36 heavy (non-hydrogen) atoms. The zero-order valence-corrected chi connectivity index (χ0v) is 21.6. The van der Waals surface area contributed by atoms with Gasteiger partial charge in [-0.15, -0.1) is 0 Å². The van der Waals surface area contributed by atoms with E-state index in [-0.39, 0.29) is 17.9 Å². The summed E-state index contributed by atoms with van der Waals surface area (Å²) in [5, 5.41) is 0. The molecule has 3 aromatic rings. The summed E-state index contributed by atoms with van der Waals surface area (Å²) in [5.74, 6) is -0.653. The second-order valence-corrected chi connectivity index (χ2v) is 10.5. The summed E-state index contributed by atoms with van der Waals surface area (Å²) in [4.78, 5) is 30.9. The molecule has 0 aliphatic carbocycles. The zero-order valence-electron chi connectivity index (χ0n) is 21.6. The van der Waals surface area contributed by atoms with Crippen molar-refractivity contribution in [3.05, 3.63) is 108 Å². The summed E-state index contributed by atoms with van der Waals surface area (Å²) in [6.45, 7) is 9.69. The maximum Gasteiger partial charge on any atom is 0.417 e. The van der Waals surface area contributed by atoms with Gasteiger partial charge in [0.2, 0.25) is 5.91 Å². The first-order chi connectivity index (χ1) is 17.3. The fraction of sp³-hybridized carbons (Fsp3) is 0.355. The lowest BCUT2D eigenvalue weighted by Crippen LogP contribution is -2.50. The molecule has 2 atom stereocenters. The van der Waals surface area contributed by atoms with Gasteiger partial charge in [0.05, 0.1) is 12.0 Å². The fourth-order valence-electron chi connectivity index (χ4n) is 5.39. The molecule has 0 spiro atoms. The minimum Gasteiger partial charge on any atom is -0.441 e. The highest BCUT2D eigenvalue weighted by Crippen LogP contribution is 2.36. The number of benzene rings is 3. The fourth-order valence-corrected chi connectivity index (χ4v) is 5.39. The molecular formula is C31H36N2O3. The van der Waals surface area contributed by atoms with E-state index in [1.165, 1.54) is 16.0 Å². The average molecular weight is 485 g/mol. The quantitative estimate of drug-likeness (QED) is 0.360. The van der Waals surface area contributed by atoms with Crippen LogP contribution in [0.25, 0.3) is 0 Å². The molecule has 0 saturated carbocycles. The molecule has 0 aromatic heterocycles. The number of rotatable bonds is 9. The lowest BCUT2D eigenvalue weighted by atomic mass is 9.87. The Balaban J connectivity index is 1.69. The summed E-state index contributed by atoms with van der Waals surface area (Å²) >= 11 is 0. The molecule has 1 fully saturated rings. The van der Waals surface area contributed by atoms with E-state index in [2.05, 4.69) is 29.2 Å². The number of nitrogens with zero attached hydrogens (tertiary/aromatic N) is 2. The van der Waals surface area contributed by atoms with Crippen molar-refractivity contribution >= 4 is 12.0 Å². The van der Waals surface area contributed by atoms with Gasteiger partial charge in [-0.25, -0.2) is 9.69 Å². The Morgan fingerprint density at radius 3 is 1.81 bits per heavy atom. The summed E-state index contributed by atoms with van der Waals surface area (Å²) < 4.78 is 5.69. The van der Waals surface area contributed by atoms with Crippen LogP contribution in [0.5, 0.6) is 0 Å². The highest BCUT2D eigenvalue weighted by atomic mass is 16.6. The van der Waals surface area contributed by atoms with Crippen LogP contribution < -0.4 is 0 Å². The second kappa shape index (κ2) is 11.1. The van der Waals surface area contributed by atoms with Crippen LogP contribution in [0.1, 0.15) is 50.3 Å². The maximum atomic E-state index is 14.2. The first-order valence-corrected chi connectivity index (χ1v) is 12.7. The topological polar surface area (TPSA) is 49.9 Å². The molecule has 0 N–H and O–H groups in total. The maximum absolute atomic E-state index is 14.2. The van der Waals surface area contributed by atoms with Gasteiger partial charge in [0.1, 0.15) is 5.60 Å². The van der Waals surface area contributed by atoms with Gasteiger partial charge in [0.15, 0.2) is 0 Å². The molecule has 3 aromatic carbocycles. The molecule has 4 rings (SSSR count). The SMILES string of the molecule is CC(C)[C@H]1N(C(=O)[C@H](CN(Cc2ccccc2)Cc2ccccc2)c2ccccc2)C(=O)OC1(C)C. The monoisotopic (exact) mass is 484 g/mol. The third-order valence-corrected chi connectivity index (χ3v) is 6.85. The molecule has 188 valence electrons. The number of ether oxygens (including phenoxy) is 1. The Hall–Kier alpha value is -3.44. The van der Waals surface area contributed by atoms with Gasteiger partial charge in [0, 0.05) is 19.6 Å². The van der Waals surface area contributed by atoms with Crippen molar-refractivity contribution in [3.8, 4) is 0 Å². The van der Waals surface area contributed by atoms with E-state index < -0.39 is 17.6 Å². The Morgan fingerprint density at radius 2 is 1.33 bits per heavy atom. The molecule has 5 heteroatoms. The van der Waals surface area contributed by atoms with Crippen molar-refractivity contribution in [1.29, 1.82) is 0 Å². The number of hydrogen-bond acceptors (Lipinski definition) is 4. The van der Waals surface area contributed by atoms with E-state index in [0.717, 1.165) is 5.56 Å². The second-order valence-electron chi connectivity index (χ2n) is 10.5. The molecule has 1 aliphatic heterocycles. The minimum absolute atomic E-state index is 0.0663. The summed E-state index contributed by atoms with van der Waals surface area (Å²) in [6, 6.07) is 30.0. The first-order valence-electron chi connectivity index (χ1n) is 12.7. The minimum atomic E-state index is -0.740. The van der Waals surface area contributed by atoms with Gasteiger partial charge < -0.3 is 4.74 Å². The van der Waals surface area contributed by atoms with Gasteiger partial charge in [-0.3, -0.25) is 9.69 Å². The number of imide groups is 1. The molecule has 1 heterocycles. The number of hydrogen-bond donors (Lipinski definition) is 0. The van der Waals surface area contributed by atoms with Gasteiger partial charge in [-0.05, 0) is 36.5 Å². The van der Waals surface area contributed by atoms with Gasteiger partial charge >= 0.3 is 6.09 Å². The highest BCUT2D eigenvalue weighted by Gasteiger charge is 2.53. The molecule has 0 bridgehead atoms. The largest absolute Gasteiger partial charge is 0.441 e. The first kappa shape index (κ1) is 25.6. The summed E-state index contributed by atoms with van der Waals surface area (Å²) in [7, 11) is 0. The van der Waals surface area contributed by atoms with Gasteiger partial charge in [0.25, 0.3) is 0 Å². The number of carbonyl (C=O) groups excluding carboxylic acids is 2. The van der Waals surface area contributed by atoms with Crippen molar-refractivity contribution < 1.29 is 14.3 Å². The molecule has 0 radical (unpaired) electrons. The smallest absolute Gasteiger partial charge is 0.417 e. The van der Waals surface area contributed by atoms with Crippen LogP contribution in [0.2, 0.25) is 0 Å². The van der Waals surface area contributed by atoms with E-state index in [0.29, 0.717) is 19.6 Å². The van der Waals surface area contributed by atoms with Gasteiger partial charge in [-0.1, -0.05) is 105 Å².